The third-order valence-electron chi connectivity index (χ3n) is 4.30. The van der Waals surface area contributed by atoms with Crippen molar-refractivity contribution in [1.82, 2.24) is 0 Å². The van der Waals surface area contributed by atoms with E-state index in [9.17, 15) is 4.79 Å². The van der Waals surface area contributed by atoms with Crippen molar-refractivity contribution >= 4 is 5.97 Å². The fraction of sp³-hybridized carbons (Fsp3) is 0.950. The first-order valence-corrected chi connectivity index (χ1v) is 10.1. The van der Waals surface area contributed by atoms with Crippen LogP contribution in [0.4, 0.5) is 0 Å². The summed E-state index contributed by atoms with van der Waals surface area (Å²) >= 11 is 0. The van der Waals surface area contributed by atoms with E-state index in [0.717, 1.165) is 25.7 Å². The number of esters is 1. The van der Waals surface area contributed by atoms with Crippen LogP contribution in [-0.2, 0) is 9.53 Å². The summed E-state index contributed by atoms with van der Waals surface area (Å²) in [5.74, 6) is -0.00984. The number of unbranched alkanes of at least 4 members (excludes halogenated alkanes) is 13. The number of hydrogen-bond acceptors (Lipinski definition) is 3. The van der Waals surface area contributed by atoms with Gasteiger partial charge in [0, 0.05) is 13.0 Å². The second-order valence-electron chi connectivity index (χ2n) is 6.64. The summed E-state index contributed by atoms with van der Waals surface area (Å²) in [4.78, 5) is 11.5. The smallest absolute Gasteiger partial charge is 0.305 e. The molecule has 0 atom stereocenters. The second kappa shape index (κ2) is 19.5. The van der Waals surface area contributed by atoms with Gasteiger partial charge in [0.1, 0.15) is 0 Å². The largest absolute Gasteiger partial charge is 0.466 e. The van der Waals surface area contributed by atoms with Gasteiger partial charge in [-0.2, -0.15) is 0 Å². The first-order chi connectivity index (χ1) is 11.3. The lowest BCUT2D eigenvalue weighted by Gasteiger charge is -2.05. The van der Waals surface area contributed by atoms with Crippen LogP contribution in [0.15, 0.2) is 0 Å². The monoisotopic (exact) mass is 328 g/mol. The van der Waals surface area contributed by atoms with E-state index in [1.54, 1.807) is 0 Å². The Balaban J connectivity index is 3.10. The van der Waals surface area contributed by atoms with E-state index in [0.29, 0.717) is 19.6 Å². The minimum atomic E-state index is -0.00984. The summed E-state index contributed by atoms with van der Waals surface area (Å²) in [5.41, 5.74) is 0. The Kier molecular flexibility index (Phi) is 19.0. The molecular weight excluding hydrogens is 288 g/mol. The molecule has 0 fully saturated rings. The number of rotatable bonds is 18. The lowest BCUT2D eigenvalue weighted by atomic mass is 10.1. The molecule has 3 nitrogen and oxygen atoms in total. The molecule has 0 heterocycles. The van der Waals surface area contributed by atoms with Crippen molar-refractivity contribution in [1.29, 1.82) is 0 Å². The highest BCUT2D eigenvalue weighted by atomic mass is 16.5. The molecular formula is C20H40O3. The zero-order valence-corrected chi connectivity index (χ0v) is 15.5. The Morgan fingerprint density at radius 2 is 1.17 bits per heavy atom. The van der Waals surface area contributed by atoms with Gasteiger partial charge in [-0.1, -0.05) is 84.0 Å². The molecule has 0 unspecified atom stereocenters. The predicted molar refractivity (Wildman–Crippen MR) is 97.6 cm³/mol. The minimum Gasteiger partial charge on any atom is -0.466 e. The van der Waals surface area contributed by atoms with Crippen LogP contribution in [0.2, 0.25) is 0 Å². The van der Waals surface area contributed by atoms with Crippen molar-refractivity contribution in [2.24, 2.45) is 0 Å². The maximum Gasteiger partial charge on any atom is 0.305 e. The van der Waals surface area contributed by atoms with Crippen LogP contribution in [0.5, 0.6) is 0 Å². The van der Waals surface area contributed by atoms with Crippen molar-refractivity contribution in [3.63, 3.8) is 0 Å². The van der Waals surface area contributed by atoms with E-state index in [4.69, 9.17) is 9.84 Å². The van der Waals surface area contributed by atoms with E-state index < -0.39 is 0 Å². The lowest BCUT2D eigenvalue weighted by molar-refractivity contribution is -0.143. The third kappa shape index (κ3) is 19.4. The zero-order valence-electron chi connectivity index (χ0n) is 15.5. The van der Waals surface area contributed by atoms with Crippen LogP contribution < -0.4 is 0 Å². The first-order valence-electron chi connectivity index (χ1n) is 10.1. The van der Waals surface area contributed by atoms with E-state index in [1.807, 2.05) is 0 Å². The highest BCUT2D eigenvalue weighted by molar-refractivity contribution is 5.69. The van der Waals surface area contributed by atoms with Crippen molar-refractivity contribution in [3.8, 4) is 0 Å². The summed E-state index contributed by atoms with van der Waals surface area (Å²) in [6.45, 7) is 3.14. The number of carbonyl (C=O) groups is 1. The van der Waals surface area contributed by atoms with Gasteiger partial charge in [-0.25, -0.2) is 0 Å². The molecule has 0 aromatic rings. The van der Waals surface area contributed by atoms with Gasteiger partial charge in [0.2, 0.25) is 0 Å². The van der Waals surface area contributed by atoms with E-state index >= 15 is 0 Å². The van der Waals surface area contributed by atoms with Crippen LogP contribution in [0.25, 0.3) is 0 Å². The van der Waals surface area contributed by atoms with Gasteiger partial charge in [0.15, 0.2) is 0 Å². The normalized spacial score (nSPS) is 10.9. The Hall–Kier alpha value is -0.570. The Labute approximate surface area is 144 Å². The molecule has 0 spiro atoms. The van der Waals surface area contributed by atoms with Gasteiger partial charge in [0.05, 0.1) is 6.61 Å². The molecule has 138 valence electrons. The molecule has 23 heavy (non-hydrogen) atoms. The molecule has 0 bridgehead atoms. The number of aliphatic hydroxyl groups excluding tert-OH is 1. The van der Waals surface area contributed by atoms with E-state index in [2.05, 4.69) is 6.92 Å². The van der Waals surface area contributed by atoms with Gasteiger partial charge in [0.25, 0.3) is 0 Å². The van der Waals surface area contributed by atoms with Gasteiger partial charge in [-0.15, -0.1) is 0 Å². The Bertz CT molecular complexity index is 241. The molecule has 1 N–H and O–H groups in total. The predicted octanol–water partition coefficient (Wildman–Crippen LogP) is 5.78. The van der Waals surface area contributed by atoms with Crippen molar-refractivity contribution in [3.05, 3.63) is 0 Å². The zero-order chi connectivity index (χ0) is 17.0. The molecule has 0 aliphatic carbocycles. The summed E-state index contributed by atoms with van der Waals surface area (Å²) in [6, 6.07) is 0. The average molecular weight is 329 g/mol. The van der Waals surface area contributed by atoms with Gasteiger partial charge in [-0.3, -0.25) is 4.79 Å². The van der Waals surface area contributed by atoms with Crippen molar-refractivity contribution in [2.75, 3.05) is 13.2 Å². The molecule has 0 aromatic carbocycles. The lowest BCUT2D eigenvalue weighted by Crippen LogP contribution is -2.05. The summed E-state index contributed by atoms with van der Waals surface area (Å²) in [6.07, 6.45) is 18.6. The summed E-state index contributed by atoms with van der Waals surface area (Å²) in [7, 11) is 0. The molecule has 3 heteroatoms. The number of ether oxygens (including phenoxy) is 1. The molecule has 0 amide bonds. The van der Waals surface area contributed by atoms with Crippen LogP contribution in [-0.4, -0.2) is 24.3 Å². The minimum absolute atomic E-state index is 0.00984. The molecule has 0 aliphatic rings. The van der Waals surface area contributed by atoms with Crippen LogP contribution in [0.1, 0.15) is 110 Å². The highest BCUT2D eigenvalue weighted by Gasteiger charge is 2.02. The average Bonchev–Trinajstić information content (AvgIpc) is 2.55. The first kappa shape index (κ1) is 22.4. The fourth-order valence-electron chi connectivity index (χ4n) is 2.76. The summed E-state index contributed by atoms with van der Waals surface area (Å²) in [5, 5.41) is 8.69. The van der Waals surface area contributed by atoms with Crippen molar-refractivity contribution < 1.29 is 14.6 Å². The molecule has 0 rings (SSSR count). The van der Waals surface area contributed by atoms with Crippen LogP contribution in [0, 0.1) is 0 Å². The number of aliphatic hydroxyl groups is 1. The van der Waals surface area contributed by atoms with E-state index in [-0.39, 0.29) is 5.97 Å². The molecule has 0 aliphatic heterocycles. The Morgan fingerprint density at radius 3 is 1.74 bits per heavy atom. The maximum atomic E-state index is 11.5. The highest BCUT2D eigenvalue weighted by Crippen LogP contribution is 2.11. The molecule has 0 aromatic heterocycles. The fourth-order valence-corrected chi connectivity index (χ4v) is 2.76. The van der Waals surface area contributed by atoms with Crippen molar-refractivity contribution in [2.45, 2.75) is 110 Å². The SMILES string of the molecule is CCCCCCCC(=O)OCCCCCCCCCCCCO. The molecule has 0 saturated heterocycles. The Morgan fingerprint density at radius 1 is 0.696 bits per heavy atom. The topological polar surface area (TPSA) is 46.5 Å². The number of hydrogen-bond donors (Lipinski definition) is 1. The van der Waals surface area contributed by atoms with E-state index in [1.165, 1.54) is 70.6 Å². The second-order valence-corrected chi connectivity index (χ2v) is 6.64. The quantitative estimate of drug-likeness (QED) is 0.256. The standard InChI is InChI=1S/C20H40O3/c1-2-3-4-11-14-17-20(22)23-19-16-13-10-8-6-5-7-9-12-15-18-21/h21H,2-19H2,1H3. The van der Waals surface area contributed by atoms with Gasteiger partial charge < -0.3 is 9.84 Å². The third-order valence-corrected chi connectivity index (χ3v) is 4.30. The van der Waals surface area contributed by atoms with Gasteiger partial charge in [-0.05, 0) is 19.3 Å². The van der Waals surface area contributed by atoms with Crippen LogP contribution >= 0.6 is 0 Å². The number of carbonyl (C=O) groups excluding carboxylic acids is 1. The molecule has 0 saturated carbocycles. The molecule has 0 radical (unpaired) electrons. The maximum absolute atomic E-state index is 11.5. The van der Waals surface area contributed by atoms with Crippen LogP contribution in [0.3, 0.4) is 0 Å². The summed E-state index contributed by atoms with van der Waals surface area (Å²) < 4.78 is 5.27. The van der Waals surface area contributed by atoms with Gasteiger partial charge >= 0.3 is 5.97 Å².